The van der Waals surface area contributed by atoms with Crippen LogP contribution in [0.3, 0.4) is 0 Å². The van der Waals surface area contributed by atoms with Crippen LogP contribution < -0.4 is 4.72 Å². The number of pyridine rings is 1. The van der Waals surface area contributed by atoms with Crippen molar-refractivity contribution in [1.82, 2.24) is 9.71 Å². The molecule has 0 fully saturated rings. The summed E-state index contributed by atoms with van der Waals surface area (Å²) in [6, 6.07) is 3.41. The van der Waals surface area contributed by atoms with Crippen molar-refractivity contribution in [2.24, 2.45) is 0 Å². The van der Waals surface area contributed by atoms with Crippen molar-refractivity contribution in [2.75, 3.05) is 0 Å². The lowest BCUT2D eigenvalue weighted by atomic mass is 10.3. The Morgan fingerprint density at radius 1 is 1.40 bits per heavy atom. The topological polar surface area (TPSA) is 59.1 Å². The van der Waals surface area contributed by atoms with Crippen molar-refractivity contribution in [1.29, 1.82) is 0 Å². The zero-order chi connectivity index (χ0) is 14.9. The maximum atomic E-state index is 12.2. The molecule has 0 saturated carbocycles. The van der Waals surface area contributed by atoms with Gasteiger partial charge in [0, 0.05) is 27.0 Å². The van der Waals surface area contributed by atoms with Gasteiger partial charge in [-0.3, -0.25) is 0 Å². The van der Waals surface area contributed by atoms with Crippen LogP contribution in [0.15, 0.2) is 27.7 Å². The summed E-state index contributed by atoms with van der Waals surface area (Å²) in [5, 5.41) is -0.0424. The van der Waals surface area contributed by atoms with Crippen LogP contribution in [0, 0.1) is 13.8 Å². The van der Waals surface area contributed by atoms with Crippen LogP contribution in [-0.2, 0) is 16.6 Å². The fourth-order valence-corrected chi connectivity index (χ4v) is 4.61. The summed E-state index contributed by atoms with van der Waals surface area (Å²) in [5.41, 5.74) is 1.16. The fourth-order valence-electron chi connectivity index (χ4n) is 1.57. The molecule has 1 N–H and O–H groups in total. The van der Waals surface area contributed by atoms with Crippen molar-refractivity contribution in [3.8, 4) is 0 Å². The van der Waals surface area contributed by atoms with Gasteiger partial charge in [0.05, 0.1) is 0 Å². The van der Waals surface area contributed by atoms with E-state index in [4.69, 9.17) is 11.6 Å². The Hall–Kier alpha value is -0.470. The Labute approximate surface area is 135 Å². The molecule has 0 amide bonds. The van der Waals surface area contributed by atoms with Gasteiger partial charge in [0.1, 0.15) is 10.0 Å². The van der Waals surface area contributed by atoms with E-state index in [1.807, 2.05) is 19.9 Å². The van der Waals surface area contributed by atoms with Gasteiger partial charge < -0.3 is 0 Å². The third-order valence-corrected chi connectivity index (χ3v) is 6.13. The average Bonchev–Trinajstić information content (AvgIpc) is 2.69. The Morgan fingerprint density at radius 3 is 2.70 bits per heavy atom. The van der Waals surface area contributed by atoms with Crippen molar-refractivity contribution >= 4 is 48.9 Å². The second-order valence-corrected chi connectivity index (χ2v) is 8.57. The first-order chi connectivity index (χ1) is 9.29. The first-order valence-electron chi connectivity index (χ1n) is 5.66. The smallest absolute Gasteiger partial charge is 0.242 e. The highest BCUT2D eigenvalue weighted by molar-refractivity contribution is 9.10. The lowest BCUT2D eigenvalue weighted by molar-refractivity contribution is 0.581. The van der Waals surface area contributed by atoms with Gasteiger partial charge in [0.25, 0.3) is 0 Å². The first kappa shape index (κ1) is 15.9. The van der Waals surface area contributed by atoms with Gasteiger partial charge in [-0.2, -0.15) is 0 Å². The number of hydrogen-bond acceptors (Lipinski definition) is 4. The first-order valence-corrected chi connectivity index (χ1v) is 9.13. The van der Waals surface area contributed by atoms with Gasteiger partial charge in [-0.05, 0) is 47.5 Å². The number of rotatable bonds is 4. The van der Waals surface area contributed by atoms with Crippen molar-refractivity contribution in [3.63, 3.8) is 0 Å². The van der Waals surface area contributed by atoms with E-state index in [1.165, 1.54) is 17.1 Å². The molecule has 108 valence electrons. The quantitative estimate of drug-likeness (QED) is 0.804. The molecule has 0 aromatic carbocycles. The second kappa shape index (κ2) is 6.11. The highest BCUT2D eigenvalue weighted by Crippen LogP contribution is 2.24. The molecule has 2 aromatic heterocycles. The summed E-state index contributed by atoms with van der Waals surface area (Å²) in [5.74, 6) is 0. The maximum Gasteiger partial charge on any atom is 0.244 e. The molecule has 0 aliphatic heterocycles. The van der Waals surface area contributed by atoms with Crippen LogP contribution in [0.4, 0.5) is 0 Å². The van der Waals surface area contributed by atoms with E-state index in [2.05, 4.69) is 25.6 Å². The molecule has 0 radical (unpaired) electrons. The molecule has 0 aliphatic carbocycles. The molecule has 0 unspecified atom stereocenters. The largest absolute Gasteiger partial charge is 0.244 e. The second-order valence-electron chi connectivity index (χ2n) is 4.22. The van der Waals surface area contributed by atoms with E-state index in [9.17, 15) is 8.42 Å². The zero-order valence-corrected chi connectivity index (χ0v) is 14.8. The van der Waals surface area contributed by atoms with E-state index < -0.39 is 10.0 Å². The summed E-state index contributed by atoms with van der Waals surface area (Å²) < 4.78 is 27.5. The van der Waals surface area contributed by atoms with Crippen LogP contribution >= 0.6 is 38.9 Å². The van der Waals surface area contributed by atoms with E-state index in [1.54, 1.807) is 11.3 Å². The Balaban J connectivity index is 2.21. The predicted molar refractivity (Wildman–Crippen MR) is 84.8 cm³/mol. The molecule has 0 saturated heterocycles. The Kier molecular flexibility index (Phi) is 4.86. The molecule has 2 aromatic rings. The van der Waals surface area contributed by atoms with E-state index in [0.717, 1.165) is 10.4 Å². The number of nitrogens with one attached hydrogen (secondary N) is 1. The Morgan fingerprint density at radius 2 is 2.10 bits per heavy atom. The van der Waals surface area contributed by atoms with E-state index in [0.29, 0.717) is 4.47 Å². The zero-order valence-electron chi connectivity index (χ0n) is 10.8. The highest BCUT2D eigenvalue weighted by atomic mass is 79.9. The van der Waals surface area contributed by atoms with Crippen LogP contribution in [0.25, 0.3) is 0 Å². The summed E-state index contributed by atoms with van der Waals surface area (Å²) in [6.07, 6.45) is 1.45. The molecule has 0 atom stereocenters. The lowest BCUT2D eigenvalue weighted by Crippen LogP contribution is -2.23. The third-order valence-electron chi connectivity index (χ3n) is 2.72. The SMILES string of the molecule is Cc1cc(CNS(=O)(=O)c2cc(Br)cnc2Cl)sc1C. The van der Waals surface area contributed by atoms with Gasteiger partial charge in [-0.25, -0.2) is 18.1 Å². The number of hydrogen-bond donors (Lipinski definition) is 1. The van der Waals surface area contributed by atoms with Crippen molar-refractivity contribution in [3.05, 3.63) is 43.3 Å². The van der Waals surface area contributed by atoms with E-state index in [-0.39, 0.29) is 16.6 Å². The normalized spacial score (nSPS) is 11.8. The molecular weight excluding hydrogens is 384 g/mol. The number of nitrogens with zero attached hydrogens (tertiary/aromatic N) is 1. The highest BCUT2D eigenvalue weighted by Gasteiger charge is 2.19. The van der Waals surface area contributed by atoms with Gasteiger partial charge >= 0.3 is 0 Å². The standard InChI is InChI=1S/C12H12BrClN2O2S2/c1-7-3-10(19-8(7)2)6-16-20(17,18)11-4-9(13)5-15-12(11)14/h3-5,16H,6H2,1-2H3. The minimum absolute atomic E-state index is 0.0291. The predicted octanol–water partition coefficient (Wildman–Crippen LogP) is 3.65. The number of thiophene rings is 1. The molecule has 20 heavy (non-hydrogen) atoms. The Bertz CT molecular complexity index is 724. The summed E-state index contributed by atoms with van der Waals surface area (Å²) >= 11 is 10.6. The van der Waals surface area contributed by atoms with Crippen LogP contribution in [0.5, 0.6) is 0 Å². The molecule has 0 bridgehead atoms. The minimum Gasteiger partial charge on any atom is -0.242 e. The maximum absolute atomic E-state index is 12.2. The van der Waals surface area contributed by atoms with Gasteiger partial charge in [0.2, 0.25) is 10.0 Å². The molecule has 8 heteroatoms. The molecular formula is C12H12BrClN2O2S2. The van der Waals surface area contributed by atoms with Crippen LogP contribution in [0.1, 0.15) is 15.3 Å². The van der Waals surface area contributed by atoms with Crippen LogP contribution in [-0.4, -0.2) is 13.4 Å². The number of aryl methyl sites for hydroxylation is 2. The molecule has 4 nitrogen and oxygen atoms in total. The van der Waals surface area contributed by atoms with Gasteiger partial charge in [-0.15, -0.1) is 11.3 Å². The van der Waals surface area contributed by atoms with E-state index >= 15 is 0 Å². The fraction of sp³-hybridized carbons (Fsp3) is 0.250. The molecule has 0 aliphatic rings. The van der Waals surface area contributed by atoms with Gasteiger partial charge in [0.15, 0.2) is 0 Å². The monoisotopic (exact) mass is 394 g/mol. The summed E-state index contributed by atoms with van der Waals surface area (Å²) in [4.78, 5) is 5.93. The molecule has 2 rings (SSSR count). The lowest BCUT2D eigenvalue weighted by Gasteiger charge is -2.07. The summed E-state index contributed by atoms with van der Waals surface area (Å²) in [6.45, 7) is 4.25. The van der Waals surface area contributed by atoms with Gasteiger partial charge in [-0.1, -0.05) is 11.6 Å². The number of halogens is 2. The minimum atomic E-state index is -3.68. The van der Waals surface area contributed by atoms with Crippen LogP contribution in [0.2, 0.25) is 5.15 Å². The average molecular weight is 396 g/mol. The van der Waals surface area contributed by atoms with Crippen molar-refractivity contribution in [2.45, 2.75) is 25.3 Å². The summed E-state index contributed by atoms with van der Waals surface area (Å²) in [7, 11) is -3.68. The number of aromatic nitrogens is 1. The molecule has 2 heterocycles. The molecule has 0 spiro atoms. The third kappa shape index (κ3) is 3.59. The number of sulfonamides is 1. The van der Waals surface area contributed by atoms with Crippen molar-refractivity contribution < 1.29 is 8.42 Å².